The number of aliphatic hydroxyl groups excluding tert-OH is 1. The molecule has 0 aliphatic carbocycles. The molecule has 134 valence electrons. The smallest absolute Gasteiger partial charge is 0.0900 e. The average Bonchev–Trinajstić information content (AvgIpc) is 2.62. The van der Waals surface area contributed by atoms with Crippen molar-refractivity contribution in [2.75, 3.05) is 50.8 Å². The molecule has 1 N–H and O–H groups in total. The molecule has 1 aliphatic rings. The Hall–Kier alpha value is -1.95. The summed E-state index contributed by atoms with van der Waals surface area (Å²) in [5, 5.41) is 11.3. The number of ether oxygens (including phenoxy) is 1. The van der Waals surface area contributed by atoms with Gasteiger partial charge in [0.25, 0.3) is 0 Å². The fourth-order valence-electron chi connectivity index (χ4n) is 3.36. The normalized spacial score (nSPS) is 17.0. The minimum Gasteiger partial charge on any atom is -0.389 e. The van der Waals surface area contributed by atoms with Crippen LogP contribution in [0.3, 0.4) is 0 Å². The van der Waals surface area contributed by atoms with E-state index in [4.69, 9.17) is 4.74 Å². The van der Waals surface area contributed by atoms with Gasteiger partial charge in [-0.3, -0.25) is 9.88 Å². The van der Waals surface area contributed by atoms with E-state index >= 15 is 0 Å². The van der Waals surface area contributed by atoms with E-state index in [1.807, 2.05) is 13.0 Å². The highest BCUT2D eigenvalue weighted by molar-refractivity contribution is 5.92. The predicted molar refractivity (Wildman–Crippen MR) is 102 cm³/mol. The van der Waals surface area contributed by atoms with Crippen LogP contribution in [-0.2, 0) is 4.74 Å². The van der Waals surface area contributed by atoms with Crippen molar-refractivity contribution in [3.05, 3.63) is 48.7 Å². The third-order valence-corrected chi connectivity index (χ3v) is 4.55. The number of aromatic nitrogens is 1. The summed E-state index contributed by atoms with van der Waals surface area (Å²) in [6.45, 7) is 10.9. The summed E-state index contributed by atoms with van der Waals surface area (Å²) in [7, 11) is 0. The molecule has 1 atom stereocenters. The van der Waals surface area contributed by atoms with Gasteiger partial charge in [-0.1, -0.05) is 24.3 Å². The zero-order chi connectivity index (χ0) is 17.6. The second kappa shape index (κ2) is 8.43. The van der Waals surface area contributed by atoms with Crippen molar-refractivity contribution in [1.82, 2.24) is 9.88 Å². The Balaban J connectivity index is 1.60. The van der Waals surface area contributed by atoms with Crippen molar-refractivity contribution in [1.29, 1.82) is 0 Å². The molecule has 0 spiro atoms. The Morgan fingerprint density at radius 3 is 2.80 bits per heavy atom. The lowest BCUT2D eigenvalue weighted by Crippen LogP contribution is -2.49. The van der Waals surface area contributed by atoms with Gasteiger partial charge in [0.05, 0.1) is 24.8 Å². The van der Waals surface area contributed by atoms with Crippen molar-refractivity contribution >= 4 is 16.6 Å². The number of hydrogen-bond donors (Lipinski definition) is 1. The number of hydrogen-bond acceptors (Lipinski definition) is 5. The van der Waals surface area contributed by atoms with Crippen LogP contribution in [0, 0.1) is 6.92 Å². The molecule has 5 heteroatoms. The Kier molecular flexibility index (Phi) is 6.02. The van der Waals surface area contributed by atoms with Gasteiger partial charge in [-0.05, 0) is 19.1 Å². The molecule has 0 amide bonds. The molecule has 5 nitrogen and oxygen atoms in total. The Labute approximate surface area is 149 Å². The van der Waals surface area contributed by atoms with Crippen LogP contribution < -0.4 is 4.90 Å². The van der Waals surface area contributed by atoms with Crippen LogP contribution in [-0.4, -0.2) is 67.0 Å². The van der Waals surface area contributed by atoms with E-state index in [0.717, 1.165) is 37.4 Å². The molecule has 2 aromatic rings. The maximum atomic E-state index is 10.1. The molecule has 25 heavy (non-hydrogen) atoms. The molecule has 1 saturated heterocycles. The van der Waals surface area contributed by atoms with Gasteiger partial charge in [0.15, 0.2) is 0 Å². The summed E-state index contributed by atoms with van der Waals surface area (Å²) in [5.74, 6) is 0. The fourth-order valence-corrected chi connectivity index (χ4v) is 3.36. The number of pyridine rings is 1. The molecule has 0 saturated carbocycles. The highest BCUT2D eigenvalue weighted by Gasteiger charge is 2.21. The third-order valence-electron chi connectivity index (χ3n) is 4.55. The van der Waals surface area contributed by atoms with Crippen molar-refractivity contribution in [2.24, 2.45) is 0 Å². The maximum Gasteiger partial charge on any atom is 0.0900 e. The summed E-state index contributed by atoms with van der Waals surface area (Å²) in [6.07, 6.45) is 1.25. The number of β-amino-alcohol motifs (C(OH)–C–C–N with tert-alkyl or cyclic N) is 1. The highest BCUT2D eigenvalue weighted by atomic mass is 16.5. The molecule has 3 rings (SSSR count). The van der Waals surface area contributed by atoms with Gasteiger partial charge >= 0.3 is 0 Å². The lowest BCUT2D eigenvalue weighted by Gasteiger charge is -2.37. The van der Waals surface area contributed by atoms with Gasteiger partial charge in [0.1, 0.15) is 0 Å². The topological polar surface area (TPSA) is 48.8 Å². The second-order valence-electron chi connectivity index (χ2n) is 6.57. The molecule has 1 unspecified atom stereocenters. The highest BCUT2D eigenvalue weighted by Crippen LogP contribution is 2.27. The Morgan fingerprint density at radius 2 is 2.04 bits per heavy atom. The van der Waals surface area contributed by atoms with E-state index < -0.39 is 6.10 Å². The standard InChI is InChI=1S/C20H27N3O2/c1-3-12-25-15-17(24)14-22-8-10-23(11-9-22)20-13-16(2)21-19-7-5-4-6-18(19)20/h3-7,13,17,24H,1,8-12,14-15H2,2H3. The van der Waals surface area contributed by atoms with E-state index in [9.17, 15) is 5.11 Å². The maximum absolute atomic E-state index is 10.1. The molecule has 0 bridgehead atoms. The molecule has 0 radical (unpaired) electrons. The van der Waals surface area contributed by atoms with Gasteiger partial charge < -0.3 is 14.7 Å². The van der Waals surface area contributed by atoms with Crippen molar-refractivity contribution in [3.8, 4) is 0 Å². The molecule has 1 fully saturated rings. The van der Waals surface area contributed by atoms with E-state index in [2.05, 4.69) is 45.6 Å². The third kappa shape index (κ3) is 4.57. The summed E-state index contributed by atoms with van der Waals surface area (Å²) in [4.78, 5) is 9.35. The zero-order valence-corrected chi connectivity index (χ0v) is 14.9. The number of para-hydroxylation sites is 1. The molecular formula is C20H27N3O2. The van der Waals surface area contributed by atoms with Crippen LogP contribution in [0.1, 0.15) is 5.69 Å². The predicted octanol–water partition coefficient (Wildman–Crippen LogP) is 2.23. The number of nitrogens with zero attached hydrogens (tertiary/aromatic N) is 3. The first kappa shape index (κ1) is 17.9. The first-order valence-corrected chi connectivity index (χ1v) is 8.88. The minimum atomic E-state index is -0.449. The van der Waals surface area contributed by atoms with Crippen LogP contribution >= 0.6 is 0 Å². The lowest BCUT2D eigenvalue weighted by atomic mass is 10.1. The van der Waals surface area contributed by atoms with E-state index in [0.29, 0.717) is 19.8 Å². The van der Waals surface area contributed by atoms with Crippen LogP contribution in [0.2, 0.25) is 0 Å². The van der Waals surface area contributed by atoms with Crippen molar-refractivity contribution < 1.29 is 9.84 Å². The number of aliphatic hydroxyl groups is 1. The van der Waals surface area contributed by atoms with Crippen LogP contribution in [0.4, 0.5) is 5.69 Å². The van der Waals surface area contributed by atoms with Crippen LogP contribution in [0.5, 0.6) is 0 Å². The number of aryl methyl sites for hydroxylation is 1. The SMILES string of the molecule is C=CCOCC(O)CN1CCN(c2cc(C)nc3ccccc23)CC1. The van der Waals surface area contributed by atoms with Crippen LogP contribution in [0.15, 0.2) is 43.0 Å². The quantitative estimate of drug-likeness (QED) is 0.618. The first-order valence-electron chi connectivity index (χ1n) is 8.88. The number of benzene rings is 1. The van der Waals surface area contributed by atoms with Gasteiger partial charge in [0.2, 0.25) is 0 Å². The molecule has 1 aliphatic heterocycles. The van der Waals surface area contributed by atoms with Gasteiger partial charge in [-0.2, -0.15) is 0 Å². The summed E-state index contributed by atoms with van der Waals surface area (Å²) in [6, 6.07) is 10.5. The Morgan fingerprint density at radius 1 is 1.28 bits per heavy atom. The number of rotatable bonds is 7. The van der Waals surface area contributed by atoms with E-state index in [-0.39, 0.29) is 0 Å². The second-order valence-corrected chi connectivity index (χ2v) is 6.57. The van der Waals surface area contributed by atoms with Gasteiger partial charge in [0, 0.05) is 49.5 Å². The number of anilines is 1. The Bertz CT molecular complexity index is 711. The molecule has 1 aromatic carbocycles. The van der Waals surface area contributed by atoms with Crippen molar-refractivity contribution in [3.63, 3.8) is 0 Å². The van der Waals surface area contributed by atoms with Gasteiger partial charge in [-0.25, -0.2) is 0 Å². The molecular weight excluding hydrogens is 314 g/mol. The largest absolute Gasteiger partial charge is 0.389 e. The molecule has 1 aromatic heterocycles. The minimum absolute atomic E-state index is 0.362. The number of piperazine rings is 1. The summed E-state index contributed by atoms with van der Waals surface area (Å²) < 4.78 is 5.33. The monoisotopic (exact) mass is 341 g/mol. The summed E-state index contributed by atoms with van der Waals surface area (Å²) >= 11 is 0. The van der Waals surface area contributed by atoms with Gasteiger partial charge in [-0.15, -0.1) is 6.58 Å². The zero-order valence-electron chi connectivity index (χ0n) is 14.9. The lowest BCUT2D eigenvalue weighted by molar-refractivity contribution is 0.0252. The first-order chi connectivity index (χ1) is 12.2. The summed E-state index contributed by atoms with van der Waals surface area (Å²) in [5.41, 5.74) is 3.36. The van der Waals surface area contributed by atoms with Crippen molar-refractivity contribution in [2.45, 2.75) is 13.0 Å². The molecule has 2 heterocycles. The fraction of sp³-hybridized carbons (Fsp3) is 0.450. The number of fused-ring (bicyclic) bond motifs is 1. The average molecular weight is 341 g/mol. The van der Waals surface area contributed by atoms with E-state index in [1.165, 1.54) is 11.1 Å². The van der Waals surface area contributed by atoms with Crippen LogP contribution in [0.25, 0.3) is 10.9 Å². The van der Waals surface area contributed by atoms with E-state index in [1.54, 1.807) is 6.08 Å².